The molecule has 0 spiro atoms. The van der Waals surface area contributed by atoms with Gasteiger partial charge in [0.05, 0.1) is 0 Å². The molecule has 6 heteroatoms. The van der Waals surface area contributed by atoms with E-state index in [0.717, 1.165) is 11.8 Å². The maximum atomic E-state index is 13.8. The van der Waals surface area contributed by atoms with Gasteiger partial charge in [0.1, 0.15) is 11.6 Å². The Morgan fingerprint density at radius 2 is 2.19 bits per heavy atom. The summed E-state index contributed by atoms with van der Waals surface area (Å²) in [5.41, 5.74) is 0.398. The standard InChI is InChI=1S/C15H18ClF2NOS/c16-6-1-2-15(20)19-7-5-14(21-9-8-19)12-10-11(17)3-4-13(12)18/h3-4,10,14H,1-2,5-9H2. The summed E-state index contributed by atoms with van der Waals surface area (Å²) in [5, 5.41) is -0.105. The molecule has 2 nitrogen and oxygen atoms in total. The molecular formula is C15H18ClF2NOS. The number of alkyl halides is 1. The van der Waals surface area contributed by atoms with Crippen LogP contribution in [0.2, 0.25) is 0 Å². The van der Waals surface area contributed by atoms with Gasteiger partial charge in [-0.25, -0.2) is 8.78 Å². The first-order chi connectivity index (χ1) is 10.1. The third-order valence-corrected chi connectivity index (χ3v) is 5.10. The highest BCUT2D eigenvalue weighted by molar-refractivity contribution is 7.99. The lowest BCUT2D eigenvalue weighted by Gasteiger charge is -2.20. The van der Waals surface area contributed by atoms with E-state index in [1.165, 1.54) is 12.1 Å². The van der Waals surface area contributed by atoms with Crippen molar-refractivity contribution in [3.05, 3.63) is 35.4 Å². The van der Waals surface area contributed by atoms with E-state index in [1.54, 1.807) is 16.7 Å². The van der Waals surface area contributed by atoms with Crippen LogP contribution in [0.25, 0.3) is 0 Å². The van der Waals surface area contributed by atoms with Gasteiger partial charge in [-0.05, 0) is 31.0 Å². The van der Waals surface area contributed by atoms with Gasteiger partial charge in [0.15, 0.2) is 0 Å². The zero-order valence-corrected chi connectivity index (χ0v) is 13.2. The quantitative estimate of drug-likeness (QED) is 0.776. The minimum absolute atomic E-state index is 0.0941. The van der Waals surface area contributed by atoms with Crippen molar-refractivity contribution in [2.24, 2.45) is 0 Å². The fourth-order valence-corrected chi connectivity index (χ4v) is 3.78. The number of amides is 1. The molecule has 1 aromatic carbocycles. The van der Waals surface area contributed by atoms with Crippen LogP contribution in [0.4, 0.5) is 8.78 Å². The Balaban J connectivity index is 2.00. The van der Waals surface area contributed by atoms with Gasteiger partial charge in [-0.15, -0.1) is 11.6 Å². The van der Waals surface area contributed by atoms with Gasteiger partial charge >= 0.3 is 0 Å². The molecule has 1 fully saturated rings. The third-order valence-electron chi connectivity index (χ3n) is 3.52. The summed E-state index contributed by atoms with van der Waals surface area (Å²) in [7, 11) is 0. The summed E-state index contributed by atoms with van der Waals surface area (Å²) in [6.07, 6.45) is 1.76. The van der Waals surface area contributed by atoms with Gasteiger partial charge in [-0.3, -0.25) is 4.79 Å². The number of carbonyl (C=O) groups excluding carboxylic acids is 1. The molecule has 0 radical (unpaired) electrons. The van der Waals surface area contributed by atoms with Crippen LogP contribution in [0, 0.1) is 11.6 Å². The van der Waals surface area contributed by atoms with Gasteiger partial charge in [0.2, 0.25) is 5.91 Å². The molecule has 0 N–H and O–H groups in total. The predicted octanol–water partition coefficient (Wildman–Crippen LogP) is 3.99. The van der Waals surface area contributed by atoms with Crippen LogP contribution < -0.4 is 0 Å². The summed E-state index contributed by atoms with van der Waals surface area (Å²) < 4.78 is 27.1. The van der Waals surface area contributed by atoms with Gasteiger partial charge < -0.3 is 4.90 Å². The maximum Gasteiger partial charge on any atom is 0.222 e. The number of carbonyl (C=O) groups is 1. The molecule has 1 aromatic rings. The predicted molar refractivity (Wildman–Crippen MR) is 82.7 cm³/mol. The Labute approximate surface area is 132 Å². The van der Waals surface area contributed by atoms with Crippen molar-refractivity contribution >= 4 is 29.3 Å². The molecule has 1 amide bonds. The summed E-state index contributed by atoms with van der Waals surface area (Å²) in [4.78, 5) is 13.8. The smallest absolute Gasteiger partial charge is 0.222 e. The maximum absolute atomic E-state index is 13.8. The van der Waals surface area contributed by atoms with Crippen LogP contribution >= 0.6 is 23.4 Å². The monoisotopic (exact) mass is 333 g/mol. The first-order valence-corrected chi connectivity index (χ1v) is 8.60. The molecule has 21 heavy (non-hydrogen) atoms. The highest BCUT2D eigenvalue weighted by Crippen LogP contribution is 2.36. The molecule has 1 aliphatic rings. The first kappa shape index (κ1) is 16.6. The van der Waals surface area contributed by atoms with Crippen LogP contribution in [0.15, 0.2) is 18.2 Å². The molecule has 1 saturated heterocycles. The SMILES string of the molecule is O=C(CCCCl)N1CCSC(c2cc(F)ccc2F)CC1. The molecule has 0 saturated carbocycles. The van der Waals surface area contributed by atoms with Crippen LogP contribution in [0.5, 0.6) is 0 Å². The summed E-state index contributed by atoms with van der Waals surface area (Å²) in [5.74, 6) is 0.498. The van der Waals surface area contributed by atoms with E-state index >= 15 is 0 Å². The molecule has 1 heterocycles. The number of thioether (sulfide) groups is 1. The zero-order valence-electron chi connectivity index (χ0n) is 11.7. The van der Waals surface area contributed by atoms with Gasteiger partial charge in [-0.1, -0.05) is 0 Å². The van der Waals surface area contributed by atoms with Crippen molar-refractivity contribution in [2.75, 3.05) is 24.7 Å². The molecule has 0 bridgehead atoms. The molecule has 1 atom stereocenters. The molecule has 0 aliphatic carbocycles. The summed E-state index contributed by atoms with van der Waals surface area (Å²) in [6, 6.07) is 3.56. The lowest BCUT2D eigenvalue weighted by atomic mass is 10.1. The highest BCUT2D eigenvalue weighted by atomic mass is 35.5. The van der Waals surface area contributed by atoms with E-state index in [4.69, 9.17) is 11.6 Å². The minimum atomic E-state index is -0.425. The molecular weight excluding hydrogens is 316 g/mol. The molecule has 1 aliphatic heterocycles. The number of rotatable bonds is 4. The highest BCUT2D eigenvalue weighted by Gasteiger charge is 2.23. The Hall–Kier alpha value is -0.810. The van der Waals surface area contributed by atoms with Crippen molar-refractivity contribution in [3.8, 4) is 0 Å². The Bertz CT molecular complexity index is 501. The number of hydrogen-bond donors (Lipinski definition) is 0. The van der Waals surface area contributed by atoms with E-state index < -0.39 is 5.82 Å². The molecule has 2 rings (SSSR count). The van der Waals surface area contributed by atoms with E-state index in [0.29, 0.717) is 43.8 Å². The minimum Gasteiger partial charge on any atom is -0.342 e. The zero-order chi connectivity index (χ0) is 15.2. The summed E-state index contributed by atoms with van der Waals surface area (Å²) in [6.45, 7) is 1.23. The fourth-order valence-electron chi connectivity index (χ4n) is 2.41. The van der Waals surface area contributed by atoms with Crippen molar-refractivity contribution in [1.29, 1.82) is 0 Å². The van der Waals surface area contributed by atoms with E-state index in [1.807, 2.05) is 0 Å². The second-order valence-electron chi connectivity index (χ2n) is 4.99. The Morgan fingerprint density at radius 1 is 1.38 bits per heavy atom. The average molecular weight is 334 g/mol. The van der Waals surface area contributed by atoms with Crippen molar-refractivity contribution in [2.45, 2.75) is 24.5 Å². The van der Waals surface area contributed by atoms with Crippen molar-refractivity contribution < 1.29 is 13.6 Å². The van der Waals surface area contributed by atoms with Gasteiger partial charge in [0, 0.05) is 42.0 Å². The van der Waals surface area contributed by atoms with E-state index in [2.05, 4.69) is 0 Å². The first-order valence-electron chi connectivity index (χ1n) is 7.02. The third kappa shape index (κ3) is 4.58. The topological polar surface area (TPSA) is 20.3 Å². The molecule has 1 unspecified atom stereocenters. The van der Waals surface area contributed by atoms with E-state index in [9.17, 15) is 13.6 Å². The lowest BCUT2D eigenvalue weighted by Crippen LogP contribution is -2.32. The average Bonchev–Trinajstić information content (AvgIpc) is 2.73. The van der Waals surface area contributed by atoms with Crippen LogP contribution in [0.3, 0.4) is 0 Å². The Morgan fingerprint density at radius 3 is 2.95 bits per heavy atom. The number of hydrogen-bond acceptors (Lipinski definition) is 2. The van der Waals surface area contributed by atoms with Crippen LogP contribution in [0.1, 0.15) is 30.1 Å². The van der Waals surface area contributed by atoms with Gasteiger partial charge in [-0.2, -0.15) is 11.8 Å². The molecule has 0 aromatic heterocycles. The second-order valence-corrected chi connectivity index (χ2v) is 6.68. The Kier molecular flexibility index (Phi) is 6.30. The number of nitrogens with zero attached hydrogens (tertiary/aromatic N) is 1. The fraction of sp³-hybridized carbons (Fsp3) is 0.533. The normalized spacial score (nSPS) is 19.4. The van der Waals surface area contributed by atoms with Crippen molar-refractivity contribution in [1.82, 2.24) is 4.90 Å². The summed E-state index contributed by atoms with van der Waals surface area (Å²) >= 11 is 7.18. The van der Waals surface area contributed by atoms with Crippen LogP contribution in [-0.4, -0.2) is 35.5 Å². The van der Waals surface area contributed by atoms with Gasteiger partial charge in [0.25, 0.3) is 0 Å². The van der Waals surface area contributed by atoms with Crippen LogP contribution in [-0.2, 0) is 4.79 Å². The van der Waals surface area contributed by atoms with E-state index in [-0.39, 0.29) is 17.0 Å². The number of halogens is 3. The number of benzene rings is 1. The second kappa shape index (κ2) is 7.99. The lowest BCUT2D eigenvalue weighted by molar-refractivity contribution is -0.130. The van der Waals surface area contributed by atoms with Crippen molar-refractivity contribution in [3.63, 3.8) is 0 Å². The molecule has 116 valence electrons. The largest absolute Gasteiger partial charge is 0.342 e.